The summed E-state index contributed by atoms with van der Waals surface area (Å²) >= 11 is 0. The van der Waals surface area contributed by atoms with Gasteiger partial charge in [-0.3, -0.25) is 24.0 Å². The fourth-order valence-corrected chi connectivity index (χ4v) is 16.4. The van der Waals surface area contributed by atoms with Gasteiger partial charge in [0.05, 0.1) is 168 Å². The Morgan fingerprint density at radius 2 is 1.39 bits per heavy atom. The molecule has 36 nitrogen and oxygen atoms in total. The fraction of sp³-hybridized carbons (Fsp3) is 0.692. The predicted octanol–water partition coefficient (Wildman–Crippen LogP) is 8.25. The summed E-state index contributed by atoms with van der Waals surface area (Å²) < 4.78 is 96.4. The lowest BCUT2D eigenvalue weighted by atomic mass is 9.78. The van der Waals surface area contributed by atoms with Gasteiger partial charge < -0.3 is 107 Å². The molecule has 9 rings (SSSR count). The number of nitrogens with one attached hydrogen (secondary N) is 1. The number of benzene rings is 1. The third-order valence-electron chi connectivity index (χ3n) is 23.7. The smallest absolute Gasteiger partial charge is 0.329 e. The number of ketones is 3. The van der Waals surface area contributed by atoms with Crippen LogP contribution in [0.15, 0.2) is 82.7 Å². The molecule has 4 aliphatic rings. The number of cyclic esters (lactones) is 1. The first kappa shape index (κ1) is 102. The number of carbonyl (C=O) groups excluding carboxylic acids is 6. The summed E-state index contributed by atoms with van der Waals surface area (Å²) in [6, 6.07) is 4.39. The highest BCUT2D eigenvalue weighted by molar-refractivity contribution is 6.39. The number of aromatic nitrogens is 8. The molecule has 7 heterocycles. The zero-order valence-corrected chi connectivity index (χ0v) is 75.9. The number of carbonyl (C=O) groups is 6. The number of ether oxygens (including phenoxy) is 15. The second kappa shape index (κ2) is 54.4. The van der Waals surface area contributed by atoms with Gasteiger partial charge in [0.25, 0.3) is 17.7 Å². The summed E-state index contributed by atoms with van der Waals surface area (Å²) in [5, 5.41) is 40.7. The largest absolute Gasteiger partial charge is 0.460 e. The minimum absolute atomic E-state index is 0.00921. The normalized spacial score (nSPS) is 26.5. The number of hydrogen-bond acceptors (Lipinski definition) is 32. The number of Topliss-reactive ketones (excluding diaryl/α,β-unsaturated/α-hetero) is 3. The van der Waals surface area contributed by atoms with E-state index >= 15 is 0 Å². The molecule has 0 spiro atoms. The number of anilines is 2. The van der Waals surface area contributed by atoms with E-state index in [-0.39, 0.29) is 92.5 Å². The van der Waals surface area contributed by atoms with Crippen LogP contribution in [0.2, 0.25) is 0 Å². The predicted molar refractivity (Wildman–Crippen MR) is 469 cm³/mol. The van der Waals surface area contributed by atoms with Crippen LogP contribution in [0.5, 0.6) is 0 Å². The number of aliphatic hydroxyl groups is 2. The molecule has 1 saturated carbocycles. The maximum atomic E-state index is 14.8. The van der Waals surface area contributed by atoms with Gasteiger partial charge in [-0.25, -0.2) is 24.1 Å². The second-order valence-corrected chi connectivity index (χ2v) is 33.4. The maximum absolute atomic E-state index is 14.8. The van der Waals surface area contributed by atoms with Crippen LogP contribution in [0, 0.1) is 35.5 Å². The number of aryl methyl sites for hydroxylation is 1. The van der Waals surface area contributed by atoms with E-state index in [0.717, 1.165) is 30.4 Å². The number of rotatable bonds is 45. The number of nitrogens with two attached hydrogens (primary N) is 2. The molecule has 36 heteroatoms. The molecule has 127 heavy (non-hydrogen) atoms. The molecule has 3 fully saturated rings. The number of nitrogens with zero attached hydrogens (tertiary/aromatic N) is 9. The molecule has 2 bridgehead atoms. The van der Waals surface area contributed by atoms with E-state index in [1.165, 1.54) is 18.3 Å². The number of nitrogen functional groups attached to an aromatic ring is 2. The quantitative estimate of drug-likeness (QED) is 0.0106. The standard InChI is InChI=1S/C91H138N12O24/c1-60-18-12-11-13-19-61(2)76(112-8)55-70-24-21-66(7)91(111,127-70)85(108)88(109)102-29-16-14-20-72(102)89(110)125-77(56-73(104)62(3)51-65(6)83(107)84(114-10)82(106)64(5)50-60)63(4)52-67-22-25-75(78(53-67)113-9)124-49-48-123-58-69-57-101(100-98-69)31-33-116-35-37-118-39-41-120-43-45-122-47-46-121-44-42-119-40-38-117-36-34-115-32-27-79(105)94-28-15-17-30-103-87-80(86(92)95-59-96-87)81(99-103)68-23-26-74-71(54-68)97-90(93)126-74/h11-13,18-19,23,26,51,54,57,59-60,62-64,66-67,70,72,75-78,83-84,107,111H,14-17,20-22,24-25,27-50,52-53,55-56,58H2,1-10H3,(H2,93,97)(H,94,105)(H2,92,95,96)/b13-11+,18-12+,61-19+,65-51+/t60-,62-,63-,64-,66-,67-,70+,72-,75+,76-,77+,78-,83+,84+,91-/m1/s1. The Morgan fingerprint density at radius 3 is 2.07 bits per heavy atom. The zero-order valence-electron chi connectivity index (χ0n) is 75.9. The Kier molecular flexibility index (Phi) is 43.9. The van der Waals surface area contributed by atoms with E-state index in [2.05, 4.69) is 30.6 Å². The van der Waals surface area contributed by atoms with Crippen LogP contribution in [-0.4, -0.2) is 298 Å². The number of piperidine rings is 1. The number of unbranched alkanes of at least 4 members (excludes halogenated alkanes) is 1. The lowest BCUT2D eigenvalue weighted by Gasteiger charge is -2.42. The maximum Gasteiger partial charge on any atom is 0.329 e. The zero-order chi connectivity index (χ0) is 91.0. The van der Waals surface area contributed by atoms with Gasteiger partial charge in [0.15, 0.2) is 17.0 Å². The minimum atomic E-state index is -2.47. The molecule has 5 aromatic rings. The number of allylic oxidation sites excluding steroid dienone is 6. The van der Waals surface area contributed by atoms with Crippen molar-refractivity contribution in [1.29, 1.82) is 0 Å². The number of esters is 1. The average molecular weight is 1780 g/mol. The van der Waals surface area contributed by atoms with E-state index < -0.39 is 77.8 Å². The second-order valence-electron chi connectivity index (χ2n) is 33.4. The lowest BCUT2D eigenvalue weighted by molar-refractivity contribution is -0.265. The fourth-order valence-electron chi connectivity index (χ4n) is 16.4. The Bertz CT molecular complexity index is 4320. The monoisotopic (exact) mass is 1780 g/mol. The summed E-state index contributed by atoms with van der Waals surface area (Å²) in [7, 11) is 4.61. The number of aliphatic hydroxyl groups excluding tert-OH is 1. The topological polar surface area (TPSA) is 449 Å². The van der Waals surface area contributed by atoms with Gasteiger partial charge in [0.2, 0.25) is 11.7 Å². The van der Waals surface area contributed by atoms with Crippen molar-refractivity contribution in [2.75, 3.05) is 165 Å². The molecule has 7 N–H and O–H groups in total. The van der Waals surface area contributed by atoms with Crippen LogP contribution in [-0.2, 0) is 120 Å². The van der Waals surface area contributed by atoms with Crippen molar-refractivity contribution in [1.82, 2.24) is 49.9 Å². The van der Waals surface area contributed by atoms with Crippen molar-refractivity contribution < 1.29 is 114 Å². The molecule has 3 aliphatic heterocycles. The summed E-state index contributed by atoms with van der Waals surface area (Å²) in [5.74, 6) is -8.07. The molecule has 1 aliphatic carbocycles. The first-order valence-electron chi connectivity index (χ1n) is 45.0. The van der Waals surface area contributed by atoms with Crippen LogP contribution in [0.3, 0.4) is 0 Å². The van der Waals surface area contributed by atoms with Gasteiger partial charge in [-0.15, -0.1) is 5.10 Å². The molecule has 4 aromatic heterocycles. The molecule has 2 saturated heterocycles. The highest BCUT2D eigenvalue weighted by Crippen LogP contribution is 2.39. The Balaban J connectivity index is 0.586. The van der Waals surface area contributed by atoms with Gasteiger partial charge in [-0.1, -0.05) is 76.3 Å². The number of amides is 2. The molecule has 2 amide bonds. The summed E-state index contributed by atoms with van der Waals surface area (Å²) in [6.07, 6.45) is 16.3. The number of hydrogen-bond donors (Lipinski definition) is 5. The van der Waals surface area contributed by atoms with Gasteiger partial charge in [-0.2, -0.15) is 10.1 Å². The molecular weight excluding hydrogens is 1650 g/mol. The average Bonchev–Trinajstić information content (AvgIpc) is 1.54. The van der Waals surface area contributed by atoms with Crippen molar-refractivity contribution in [3.05, 3.63) is 84.0 Å². The van der Waals surface area contributed by atoms with E-state index in [0.29, 0.717) is 235 Å². The van der Waals surface area contributed by atoms with E-state index in [4.69, 9.17) is 92.0 Å². The van der Waals surface area contributed by atoms with E-state index in [9.17, 15) is 39.0 Å². The van der Waals surface area contributed by atoms with Crippen LogP contribution in [0.1, 0.15) is 150 Å². The summed E-state index contributed by atoms with van der Waals surface area (Å²) in [4.78, 5) is 98.7. The minimum Gasteiger partial charge on any atom is -0.460 e. The number of fused-ring (bicyclic) bond motifs is 5. The van der Waals surface area contributed by atoms with Crippen molar-refractivity contribution in [2.24, 2.45) is 35.5 Å². The highest BCUT2D eigenvalue weighted by Gasteiger charge is 2.53. The van der Waals surface area contributed by atoms with Crippen molar-refractivity contribution >= 4 is 69.1 Å². The van der Waals surface area contributed by atoms with Gasteiger partial charge >= 0.3 is 5.97 Å². The Morgan fingerprint density at radius 1 is 0.717 bits per heavy atom. The van der Waals surface area contributed by atoms with E-state index in [1.807, 2.05) is 76.4 Å². The molecule has 0 radical (unpaired) electrons. The van der Waals surface area contributed by atoms with Crippen molar-refractivity contribution in [2.45, 2.75) is 219 Å². The van der Waals surface area contributed by atoms with Gasteiger partial charge in [0.1, 0.15) is 59.2 Å². The van der Waals surface area contributed by atoms with Crippen molar-refractivity contribution in [3.63, 3.8) is 0 Å². The summed E-state index contributed by atoms with van der Waals surface area (Å²) in [6.45, 7) is 21.6. The van der Waals surface area contributed by atoms with Crippen LogP contribution < -0.4 is 16.8 Å². The van der Waals surface area contributed by atoms with E-state index in [1.54, 1.807) is 56.5 Å². The number of methoxy groups -OCH3 is 3. The number of oxazole rings is 1. The Hall–Kier alpha value is -8.28. The molecule has 0 unspecified atom stereocenters. The van der Waals surface area contributed by atoms with Gasteiger partial charge in [0, 0.05) is 83.5 Å². The summed E-state index contributed by atoms with van der Waals surface area (Å²) in [5.41, 5.74) is 17.1. The third-order valence-corrected chi connectivity index (χ3v) is 23.7. The highest BCUT2D eigenvalue weighted by atomic mass is 16.6. The van der Waals surface area contributed by atoms with Crippen LogP contribution in [0.4, 0.5) is 11.8 Å². The van der Waals surface area contributed by atoms with Crippen molar-refractivity contribution in [3.8, 4) is 11.3 Å². The van der Waals surface area contributed by atoms with Crippen LogP contribution >= 0.6 is 0 Å². The molecule has 15 atom stereocenters. The first-order valence-corrected chi connectivity index (χ1v) is 45.0. The van der Waals surface area contributed by atoms with Gasteiger partial charge in [-0.05, 0) is 138 Å². The molecular formula is C91H138N12O24. The lowest BCUT2D eigenvalue weighted by Crippen LogP contribution is -2.61. The Labute approximate surface area is 744 Å². The van der Waals surface area contributed by atoms with Crippen LogP contribution in [0.25, 0.3) is 33.4 Å². The molecule has 706 valence electrons. The first-order chi connectivity index (χ1) is 61.4. The SMILES string of the molecule is CO[C@@H]1C[C@@H]2CC[C@@H](C)[C@@](O)(O2)C(=O)C(=O)N2CCCC[C@@H]2C(=O)O[C@H]([C@H](C)C[C@H]2CC[C@H](OCCOCc3cn(CCOCCOCCOCCOCCOCCOCCOCCOCCC(=O)NCCCCn4nc(-c5ccc6oc(N)nc6c5)c5c(N)ncnc54)nn3)[C@H](OC)C2)CC(=O)[C@H](C)/C=C(\C)[C@H](O)[C@@H](OC)C(=O)[C@H](C)C[C@H](C)/C=C/C=C/C=C/1C. The third kappa shape index (κ3) is 32.4. The molecule has 1 aromatic carbocycles.